The zero-order valence-corrected chi connectivity index (χ0v) is 15.5. The zero-order chi connectivity index (χ0) is 18.5. The summed E-state index contributed by atoms with van der Waals surface area (Å²) in [5, 5.41) is 7.14. The average Bonchev–Trinajstić information content (AvgIpc) is 2.99. The second kappa shape index (κ2) is 8.01. The number of aromatic nitrogens is 3. The van der Waals surface area contributed by atoms with Crippen LogP contribution in [0.4, 0.5) is 5.69 Å². The molecule has 2 heterocycles. The molecule has 0 saturated heterocycles. The predicted molar refractivity (Wildman–Crippen MR) is 97.4 cm³/mol. The summed E-state index contributed by atoms with van der Waals surface area (Å²) in [7, 11) is 0. The van der Waals surface area contributed by atoms with Gasteiger partial charge in [-0.25, -0.2) is 9.97 Å². The van der Waals surface area contributed by atoms with E-state index < -0.39 is 0 Å². The lowest BCUT2D eigenvalue weighted by Gasteiger charge is -2.07. The quantitative estimate of drug-likeness (QED) is 0.664. The van der Waals surface area contributed by atoms with Crippen LogP contribution in [0.5, 0.6) is 5.88 Å². The highest BCUT2D eigenvalue weighted by Crippen LogP contribution is 2.26. The molecular formula is C18H18N4O3S. The summed E-state index contributed by atoms with van der Waals surface area (Å²) >= 11 is 1.48. The summed E-state index contributed by atoms with van der Waals surface area (Å²) in [4.78, 5) is 21.7. The highest BCUT2D eigenvalue weighted by Gasteiger charge is 2.07. The molecule has 0 bridgehead atoms. The van der Waals surface area contributed by atoms with Gasteiger partial charge in [0.25, 0.3) is 11.8 Å². The first-order chi connectivity index (χ1) is 12.5. The van der Waals surface area contributed by atoms with Crippen molar-refractivity contribution in [1.29, 1.82) is 0 Å². The molecule has 0 atom stereocenters. The van der Waals surface area contributed by atoms with Gasteiger partial charge in [0.05, 0.1) is 0 Å². The van der Waals surface area contributed by atoms with Crippen molar-refractivity contribution in [2.45, 2.75) is 30.8 Å². The second-order valence-corrected chi connectivity index (χ2v) is 6.71. The molecule has 3 aromatic rings. The van der Waals surface area contributed by atoms with Crippen molar-refractivity contribution in [3.05, 3.63) is 53.5 Å². The molecule has 0 aliphatic rings. The highest BCUT2D eigenvalue weighted by molar-refractivity contribution is 7.99. The number of anilines is 1. The molecule has 0 aliphatic carbocycles. The number of ether oxygens (including phenoxy) is 1. The van der Waals surface area contributed by atoms with Gasteiger partial charge in [-0.3, -0.25) is 4.79 Å². The van der Waals surface area contributed by atoms with Gasteiger partial charge < -0.3 is 14.6 Å². The number of nitrogens with one attached hydrogen (secondary N) is 1. The molecule has 3 rings (SSSR count). The Labute approximate surface area is 155 Å². The molecule has 1 amide bonds. The van der Waals surface area contributed by atoms with Crippen LogP contribution in [0.1, 0.15) is 17.1 Å². The summed E-state index contributed by atoms with van der Waals surface area (Å²) in [5.41, 5.74) is 2.55. The third-order valence-electron chi connectivity index (χ3n) is 3.27. The van der Waals surface area contributed by atoms with Crippen LogP contribution in [-0.2, 0) is 4.79 Å². The highest BCUT2D eigenvalue weighted by atomic mass is 32.2. The van der Waals surface area contributed by atoms with Gasteiger partial charge in [0.15, 0.2) is 11.8 Å². The third-order valence-corrected chi connectivity index (χ3v) is 4.14. The maximum atomic E-state index is 11.9. The molecule has 8 heteroatoms. The second-order valence-electron chi connectivity index (χ2n) is 5.67. The van der Waals surface area contributed by atoms with E-state index in [4.69, 9.17) is 9.26 Å². The first kappa shape index (κ1) is 17.9. The van der Waals surface area contributed by atoms with Gasteiger partial charge >= 0.3 is 0 Å². The Morgan fingerprint density at radius 1 is 1.12 bits per heavy atom. The molecule has 0 fully saturated rings. The third kappa shape index (κ3) is 5.06. The van der Waals surface area contributed by atoms with E-state index in [1.807, 2.05) is 44.2 Å². The van der Waals surface area contributed by atoms with Crippen LogP contribution in [0, 0.1) is 20.8 Å². The van der Waals surface area contributed by atoms with Crippen LogP contribution in [0.3, 0.4) is 0 Å². The molecule has 0 aliphatic heterocycles. The van der Waals surface area contributed by atoms with Gasteiger partial charge in [-0.15, -0.1) is 0 Å². The molecule has 0 unspecified atom stereocenters. The van der Waals surface area contributed by atoms with Crippen molar-refractivity contribution in [2.75, 3.05) is 11.9 Å². The summed E-state index contributed by atoms with van der Waals surface area (Å²) in [6, 6.07) is 11.0. The number of aryl methyl sites for hydroxylation is 3. The molecule has 1 aromatic carbocycles. The maximum Gasteiger partial charge on any atom is 0.262 e. The molecule has 0 saturated carbocycles. The Hall–Kier alpha value is -2.87. The fraction of sp³-hybridized carbons (Fsp3) is 0.222. The molecule has 2 aromatic heterocycles. The number of rotatable bonds is 6. The van der Waals surface area contributed by atoms with Gasteiger partial charge in [-0.05, 0) is 68.0 Å². The van der Waals surface area contributed by atoms with E-state index in [2.05, 4.69) is 20.4 Å². The minimum Gasteiger partial charge on any atom is -0.465 e. The summed E-state index contributed by atoms with van der Waals surface area (Å²) in [6.07, 6.45) is 0. The number of carbonyl (C=O) groups excluding carboxylic acids is 1. The minimum absolute atomic E-state index is 0.140. The summed E-state index contributed by atoms with van der Waals surface area (Å²) in [6.45, 7) is 5.50. The fourth-order valence-corrected chi connectivity index (χ4v) is 3.06. The van der Waals surface area contributed by atoms with E-state index >= 15 is 0 Å². The van der Waals surface area contributed by atoms with Gasteiger partial charge in [-0.2, -0.15) is 0 Å². The number of carbonyl (C=O) groups is 1. The van der Waals surface area contributed by atoms with Crippen LogP contribution in [0.2, 0.25) is 0 Å². The lowest BCUT2D eigenvalue weighted by Crippen LogP contribution is -2.20. The lowest BCUT2D eigenvalue weighted by atomic mass is 10.3. The Kier molecular flexibility index (Phi) is 5.52. The first-order valence-corrected chi connectivity index (χ1v) is 8.76. The molecule has 26 heavy (non-hydrogen) atoms. The Morgan fingerprint density at radius 3 is 2.42 bits per heavy atom. The van der Waals surface area contributed by atoms with E-state index in [1.165, 1.54) is 11.8 Å². The first-order valence-electron chi connectivity index (χ1n) is 7.94. The minimum atomic E-state index is -0.274. The van der Waals surface area contributed by atoms with Crippen molar-refractivity contribution in [1.82, 2.24) is 15.1 Å². The van der Waals surface area contributed by atoms with E-state index in [0.717, 1.165) is 16.3 Å². The number of amides is 1. The average molecular weight is 370 g/mol. The topological polar surface area (TPSA) is 90.1 Å². The number of nitrogens with zero attached hydrogens (tertiary/aromatic N) is 3. The monoisotopic (exact) mass is 370 g/mol. The zero-order valence-electron chi connectivity index (χ0n) is 14.6. The van der Waals surface area contributed by atoms with Gasteiger partial charge in [0.1, 0.15) is 5.76 Å². The molecular weight excluding hydrogens is 352 g/mol. The standard InChI is InChI=1S/C18H18N4O3S/c1-11-8-12(2)20-18(19-11)26-15-6-4-14(5-7-15)21-16(23)10-24-17-9-13(3)25-22-17/h4-9H,10H2,1-3H3,(H,21,23). The molecule has 0 spiro atoms. The van der Waals surface area contributed by atoms with E-state index in [-0.39, 0.29) is 18.4 Å². The normalized spacial score (nSPS) is 10.6. The fourth-order valence-electron chi connectivity index (χ4n) is 2.20. The Bertz CT molecular complexity index is 889. The van der Waals surface area contributed by atoms with Crippen molar-refractivity contribution in [3.8, 4) is 5.88 Å². The van der Waals surface area contributed by atoms with Crippen LogP contribution >= 0.6 is 11.8 Å². The molecule has 134 valence electrons. The predicted octanol–water partition coefficient (Wildman–Crippen LogP) is 3.56. The number of hydrogen-bond acceptors (Lipinski definition) is 7. The van der Waals surface area contributed by atoms with Crippen LogP contribution < -0.4 is 10.1 Å². The largest absolute Gasteiger partial charge is 0.465 e. The smallest absolute Gasteiger partial charge is 0.262 e. The van der Waals surface area contributed by atoms with Gasteiger partial charge in [0.2, 0.25) is 0 Å². The number of hydrogen-bond donors (Lipinski definition) is 1. The van der Waals surface area contributed by atoms with E-state index in [9.17, 15) is 4.79 Å². The van der Waals surface area contributed by atoms with Crippen molar-refractivity contribution < 1.29 is 14.1 Å². The summed E-state index contributed by atoms with van der Waals surface area (Å²) in [5.74, 6) is 0.642. The van der Waals surface area contributed by atoms with Crippen LogP contribution in [-0.4, -0.2) is 27.6 Å². The molecule has 1 N–H and O–H groups in total. The van der Waals surface area contributed by atoms with Crippen LogP contribution in [0.15, 0.2) is 51.0 Å². The molecule has 0 radical (unpaired) electrons. The van der Waals surface area contributed by atoms with Crippen LogP contribution in [0.25, 0.3) is 0 Å². The van der Waals surface area contributed by atoms with Crippen molar-refractivity contribution in [2.24, 2.45) is 0 Å². The lowest BCUT2D eigenvalue weighted by molar-refractivity contribution is -0.118. The SMILES string of the molecule is Cc1cc(C)nc(Sc2ccc(NC(=O)COc3cc(C)on3)cc2)n1. The van der Waals surface area contributed by atoms with Gasteiger partial charge in [-0.1, -0.05) is 0 Å². The van der Waals surface area contributed by atoms with Gasteiger partial charge in [0, 0.05) is 28.0 Å². The Balaban J connectivity index is 1.54. The summed E-state index contributed by atoms with van der Waals surface area (Å²) < 4.78 is 10.1. The van der Waals surface area contributed by atoms with E-state index in [0.29, 0.717) is 16.6 Å². The van der Waals surface area contributed by atoms with Crippen molar-refractivity contribution in [3.63, 3.8) is 0 Å². The van der Waals surface area contributed by atoms with E-state index in [1.54, 1.807) is 13.0 Å². The van der Waals surface area contributed by atoms with Crippen molar-refractivity contribution >= 4 is 23.4 Å². The maximum absolute atomic E-state index is 11.9. The Morgan fingerprint density at radius 2 is 1.81 bits per heavy atom. The number of benzene rings is 1. The molecule has 7 nitrogen and oxygen atoms in total.